The van der Waals surface area contributed by atoms with Gasteiger partial charge in [0.1, 0.15) is 0 Å². The molecule has 0 saturated carbocycles. The minimum atomic E-state index is -0.287. The number of fused-ring (bicyclic) bond motifs is 1. The van der Waals surface area contributed by atoms with E-state index < -0.39 is 0 Å². The third kappa shape index (κ3) is 4.45. The van der Waals surface area contributed by atoms with Crippen molar-refractivity contribution in [3.05, 3.63) is 33.4 Å². The van der Waals surface area contributed by atoms with Crippen molar-refractivity contribution in [1.82, 2.24) is 9.47 Å². The average Bonchev–Trinajstić information content (AvgIpc) is 2.86. The molecule has 0 spiro atoms. The molecule has 0 aliphatic carbocycles. The van der Waals surface area contributed by atoms with Crippen LogP contribution in [0.2, 0.25) is 0 Å². The highest BCUT2D eigenvalue weighted by Crippen LogP contribution is 2.20. The Morgan fingerprint density at radius 1 is 1.04 bits per heavy atom. The number of nitrogens with zero attached hydrogens (tertiary/aromatic N) is 2. The lowest BCUT2D eigenvalue weighted by Crippen LogP contribution is -2.32. The molecule has 132 valence electrons. The summed E-state index contributed by atoms with van der Waals surface area (Å²) in [7, 11) is 0. The molecule has 0 unspecified atom stereocenters. The molecule has 3 rings (SSSR count). The van der Waals surface area contributed by atoms with Gasteiger partial charge >= 0.3 is 4.87 Å². The van der Waals surface area contributed by atoms with Crippen LogP contribution in [-0.2, 0) is 13.0 Å². The highest BCUT2D eigenvalue weighted by molar-refractivity contribution is 7.16. The molecule has 0 N–H and O–H groups in total. The second-order valence-electron chi connectivity index (χ2n) is 6.72. The van der Waals surface area contributed by atoms with Crippen molar-refractivity contribution in [2.45, 2.75) is 51.5 Å². The average molecular weight is 351 g/mol. The molecular weight excluding hydrogens is 323 g/mol. The van der Waals surface area contributed by atoms with Gasteiger partial charge in [-0.25, -0.2) is 0 Å². The highest BCUT2D eigenvalue weighted by Gasteiger charge is 2.12. The summed E-state index contributed by atoms with van der Waals surface area (Å²) >= 11 is 1.32. The summed E-state index contributed by atoms with van der Waals surface area (Å²) in [6.45, 7) is 3.75. The first-order valence-electron chi connectivity index (χ1n) is 9.18. The number of aromatic nitrogens is 1. The Kier molecular flexibility index (Phi) is 6.44. The Balaban J connectivity index is 1.69. The molecule has 1 fully saturated rings. The quantitative estimate of drug-likeness (QED) is 0.779. The highest BCUT2D eigenvalue weighted by atomic mass is 32.1. The fourth-order valence-corrected chi connectivity index (χ4v) is 4.51. The van der Waals surface area contributed by atoms with Crippen LogP contribution in [0.1, 0.15) is 44.1 Å². The number of likely N-dealkylation sites (tertiary alicyclic amines) is 1. The smallest absolute Gasteiger partial charge is 0.302 e. The molecule has 1 aliphatic heterocycles. The molecule has 0 bridgehead atoms. The zero-order valence-electron chi connectivity index (χ0n) is 14.3. The van der Waals surface area contributed by atoms with E-state index in [2.05, 4.69) is 11.0 Å². The van der Waals surface area contributed by atoms with E-state index in [4.69, 9.17) is 0 Å². The van der Waals surface area contributed by atoms with E-state index >= 15 is 0 Å². The van der Waals surface area contributed by atoms with Gasteiger partial charge in [0.15, 0.2) is 0 Å². The molecular formula is C19H27FN2OS. The molecule has 1 aromatic heterocycles. The maximum absolute atomic E-state index is 12.4. The summed E-state index contributed by atoms with van der Waals surface area (Å²) in [5.74, 6) is 0. The molecule has 0 atom stereocenters. The first-order chi connectivity index (χ1) is 11.8. The summed E-state index contributed by atoms with van der Waals surface area (Å²) in [5.41, 5.74) is 2.15. The van der Waals surface area contributed by atoms with Gasteiger partial charge in [-0.15, -0.1) is 0 Å². The second kappa shape index (κ2) is 8.77. The van der Waals surface area contributed by atoms with Crippen molar-refractivity contribution in [2.75, 3.05) is 26.3 Å². The maximum atomic E-state index is 12.4. The Labute approximate surface area is 147 Å². The van der Waals surface area contributed by atoms with E-state index in [-0.39, 0.29) is 11.5 Å². The van der Waals surface area contributed by atoms with E-state index in [1.807, 2.05) is 16.7 Å². The number of rotatable bonds is 6. The number of alkyl halides is 1. The van der Waals surface area contributed by atoms with E-state index in [0.717, 1.165) is 48.4 Å². The van der Waals surface area contributed by atoms with Crippen LogP contribution < -0.4 is 4.87 Å². The van der Waals surface area contributed by atoms with Gasteiger partial charge in [0.2, 0.25) is 0 Å². The van der Waals surface area contributed by atoms with Crippen LogP contribution in [-0.4, -0.2) is 35.8 Å². The Bertz CT molecular complexity index is 701. The van der Waals surface area contributed by atoms with Gasteiger partial charge in [0.05, 0.1) is 16.9 Å². The molecule has 5 heteroatoms. The molecule has 2 aromatic rings. The number of aryl methyl sites for hydroxylation is 1. The van der Waals surface area contributed by atoms with Crippen LogP contribution in [0, 0.1) is 0 Å². The molecule has 3 nitrogen and oxygen atoms in total. The molecule has 0 radical (unpaired) electrons. The molecule has 1 aliphatic rings. The van der Waals surface area contributed by atoms with Crippen LogP contribution in [0.4, 0.5) is 4.39 Å². The summed E-state index contributed by atoms with van der Waals surface area (Å²) < 4.78 is 15.3. The molecule has 24 heavy (non-hydrogen) atoms. The van der Waals surface area contributed by atoms with Crippen LogP contribution in [0.15, 0.2) is 23.0 Å². The predicted molar refractivity (Wildman–Crippen MR) is 99.9 cm³/mol. The normalized spacial score (nSPS) is 17.0. The van der Waals surface area contributed by atoms with Crippen molar-refractivity contribution in [3.63, 3.8) is 0 Å². The fourth-order valence-electron chi connectivity index (χ4n) is 3.53. The molecule has 0 amide bonds. The lowest BCUT2D eigenvalue weighted by atomic mass is 10.1. The van der Waals surface area contributed by atoms with Gasteiger partial charge < -0.3 is 4.90 Å². The SMILES string of the molecule is O=c1sc2cc(CCCF)ccc2n1CCN1CCCCCCC1. The van der Waals surface area contributed by atoms with Gasteiger partial charge in [0, 0.05) is 13.1 Å². The monoisotopic (exact) mass is 350 g/mol. The van der Waals surface area contributed by atoms with Crippen molar-refractivity contribution in [2.24, 2.45) is 0 Å². The summed E-state index contributed by atoms with van der Waals surface area (Å²) in [6, 6.07) is 6.13. The van der Waals surface area contributed by atoms with Gasteiger partial charge in [0.25, 0.3) is 0 Å². The van der Waals surface area contributed by atoms with Gasteiger partial charge in [-0.05, 0) is 56.5 Å². The third-order valence-electron chi connectivity index (χ3n) is 4.92. The first kappa shape index (κ1) is 17.6. The lowest BCUT2D eigenvalue weighted by molar-refractivity contribution is 0.239. The Morgan fingerprint density at radius 3 is 2.54 bits per heavy atom. The molecule has 2 heterocycles. The third-order valence-corrected chi connectivity index (χ3v) is 5.86. The number of hydrogen-bond acceptors (Lipinski definition) is 3. The largest absolute Gasteiger partial charge is 0.308 e. The van der Waals surface area contributed by atoms with Crippen LogP contribution in [0.3, 0.4) is 0 Å². The summed E-state index contributed by atoms with van der Waals surface area (Å²) in [4.78, 5) is 15.0. The van der Waals surface area contributed by atoms with E-state index in [1.165, 1.54) is 43.4 Å². The van der Waals surface area contributed by atoms with Crippen molar-refractivity contribution >= 4 is 21.6 Å². The summed E-state index contributed by atoms with van der Waals surface area (Å²) in [6.07, 6.45) is 7.88. The standard InChI is InChI=1S/C19H27FN2OS/c20-10-6-7-16-8-9-17-18(15-16)24-19(23)22(17)14-13-21-11-4-2-1-3-5-12-21/h8-9,15H,1-7,10-14H2. The number of halogens is 1. The Hall–Kier alpha value is -1.20. The van der Waals surface area contributed by atoms with Gasteiger partial charge in [-0.3, -0.25) is 13.8 Å². The van der Waals surface area contributed by atoms with Gasteiger partial charge in [-0.1, -0.05) is 36.7 Å². The van der Waals surface area contributed by atoms with Crippen LogP contribution in [0.5, 0.6) is 0 Å². The zero-order valence-corrected chi connectivity index (χ0v) is 15.1. The topological polar surface area (TPSA) is 25.2 Å². The number of thiazole rings is 1. The number of hydrogen-bond donors (Lipinski definition) is 0. The van der Waals surface area contributed by atoms with E-state index in [1.54, 1.807) is 0 Å². The minimum absolute atomic E-state index is 0.125. The van der Waals surface area contributed by atoms with Crippen LogP contribution in [0.25, 0.3) is 10.2 Å². The zero-order chi connectivity index (χ0) is 16.8. The molecule has 1 saturated heterocycles. The van der Waals surface area contributed by atoms with Crippen LogP contribution >= 0.6 is 11.3 Å². The second-order valence-corrected chi connectivity index (χ2v) is 7.72. The lowest BCUT2D eigenvalue weighted by Gasteiger charge is -2.24. The van der Waals surface area contributed by atoms with E-state index in [9.17, 15) is 9.18 Å². The Morgan fingerprint density at radius 2 is 1.79 bits per heavy atom. The van der Waals surface area contributed by atoms with Crippen molar-refractivity contribution in [1.29, 1.82) is 0 Å². The number of benzene rings is 1. The predicted octanol–water partition coefficient (Wildman–Crippen LogP) is 4.23. The van der Waals surface area contributed by atoms with Crippen molar-refractivity contribution < 1.29 is 4.39 Å². The minimum Gasteiger partial charge on any atom is -0.302 e. The molecule has 1 aromatic carbocycles. The van der Waals surface area contributed by atoms with Crippen molar-refractivity contribution in [3.8, 4) is 0 Å². The summed E-state index contributed by atoms with van der Waals surface area (Å²) in [5, 5.41) is 0. The van der Waals surface area contributed by atoms with Gasteiger partial charge in [-0.2, -0.15) is 0 Å². The van der Waals surface area contributed by atoms with E-state index in [0.29, 0.717) is 6.42 Å². The fraction of sp³-hybridized carbons (Fsp3) is 0.632. The first-order valence-corrected chi connectivity index (χ1v) is 10.00. The maximum Gasteiger partial charge on any atom is 0.308 e.